The minimum absolute atomic E-state index is 1.20. The van der Waals surface area contributed by atoms with Crippen LogP contribution in [-0.4, -0.2) is 0 Å². The van der Waals surface area contributed by atoms with Crippen LogP contribution in [0.1, 0.15) is 0 Å². The zero-order chi connectivity index (χ0) is 35.8. The number of rotatable bonds is 6. The molecule has 252 valence electrons. The lowest BCUT2D eigenvalue weighted by Gasteiger charge is -2.23. The van der Waals surface area contributed by atoms with Crippen molar-refractivity contribution in [2.75, 3.05) is 0 Å². The molecule has 10 aromatic carbocycles. The SMILES string of the molecule is c1ccc(-c2ccc(-c3cccc4c(-c5ccc(-c6ccccc6)cc5)c5c(-c6ccccc6)c6ccccc6c(-c6ccccc6)c5cc34)cc2)cc1. The summed E-state index contributed by atoms with van der Waals surface area (Å²) in [6, 6.07) is 79.8. The van der Waals surface area contributed by atoms with Crippen molar-refractivity contribution in [1.82, 2.24) is 0 Å². The standard InChI is InChI=1S/C54H36/c1-5-16-37(17-6-1)39-28-32-41(33-29-39)45-26-15-27-48-49(45)36-50-51(42-20-9-3-10-21-42)46-24-13-14-25-47(46)52(43-22-11-4-12-23-43)54(50)53(48)44-34-30-40(31-35-44)38-18-7-2-8-19-38/h1-36H. The average molecular weight is 685 g/mol. The molecule has 0 amide bonds. The van der Waals surface area contributed by atoms with Gasteiger partial charge < -0.3 is 0 Å². The van der Waals surface area contributed by atoms with Gasteiger partial charge in [-0.05, 0) is 105 Å². The van der Waals surface area contributed by atoms with Gasteiger partial charge in [0.25, 0.3) is 0 Å². The lowest BCUT2D eigenvalue weighted by molar-refractivity contribution is 1.60. The van der Waals surface area contributed by atoms with Crippen molar-refractivity contribution in [3.63, 3.8) is 0 Å². The third kappa shape index (κ3) is 5.48. The third-order valence-corrected chi connectivity index (χ3v) is 10.9. The fourth-order valence-corrected chi connectivity index (χ4v) is 8.39. The highest BCUT2D eigenvalue weighted by molar-refractivity contribution is 6.29. The van der Waals surface area contributed by atoms with E-state index in [4.69, 9.17) is 0 Å². The van der Waals surface area contributed by atoms with Crippen LogP contribution in [0.3, 0.4) is 0 Å². The quantitative estimate of drug-likeness (QED) is 0.153. The van der Waals surface area contributed by atoms with Crippen LogP contribution >= 0.6 is 0 Å². The third-order valence-electron chi connectivity index (χ3n) is 10.9. The Morgan fingerprint density at radius 3 is 1.04 bits per heavy atom. The predicted molar refractivity (Wildman–Crippen MR) is 232 cm³/mol. The van der Waals surface area contributed by atoms with Crippen LogP contribution in [0.15, 0.2) is 218 Å². The van der Waals surface area contributed by atoms with Crippen molar-refractivity contribution >= 4 is 32.3 Å². The zero-order valence-corrected chi connectivity index (χ0v) is 29.8. The van der Waals surface area contributed by atoms with Crippen LogP contribution in [0, 0.1) is 0 Å². The maximum absolute atomic E-state index is 2.48. The van der Waals surface area contributed by atoms with Crippen molar-refractivity contribution in [3.8, 4) is 66.8 Å². The average Bonchev–Trinajstić information content (AvgIpc) is 3.26. The molecule has 0 N–H and O–H groups in total. The van der Waals surface area contributed by atoms with E-state index < -0.39 is 0 Å². The van der Waals surface area contributed by atoms with Gasteiger partial charge in [-0.1, -0.05) is 212 Å². The van der Waals surface area contributed by atoms with Gasteiger partial charge in [-0.15, -0.1) is 0 Å². The van der Waals surface area contributed by atoms with E-state index in [0.29, 0.717) is 0 Å². The first-order valence-electron chi connectivity index (χ1n) is 18.7. The number of benzene rings is 10. The van der Waals surface area contributed by atoms with Crippen LogP contribution in [0.2, 0.25) is 0 Å². The maximum Gasteiger partial charge on any atom is -0.000764 e. The first kappa shape index (κ1) is 31.7. The highest BCUT2D eigenvalue weighted by atomic mass is 14.3. The summed E-state index contributed by atoms with van der Waals surface area (Å²) >= 11 is 0. The molecule has 0 saturated heterocycles. The topological polar surface area (TPSA) is 0 Å². The van der Waals surface area contributed by atoms with E-state index in [9.17, 15) is 0 Å². The Hall–Kier alpha value is -7.02. The van der Waals surface area contributed by atoms with Gasteiger partial charge in [0.2, 0.25) is 0 Å². The Morgan fingerprint density at radius 2 is 0.519 bits per heavy atom. The summed E-state index contributed by atoms with van der Waals surface area (Å²) in [5, 5.41) is 7.52. The monoisotopic (exact) mass is 684 g/mol. The Kier molecular flexibility index (Phi) is 7.93. The van der Waals surface area contributed by atoms with Gasteiger partial charge in [0.05, 0.1) is 0 Å². The second-order valence-corrected chi connectivity index (χ2v) is 14.0. The minimum Gasteiger partial charge on any atom is -0.0622 e. The smallest absolute Gasteiger partial charge is 0.000764 e. The van der Waals surface area contributed by atoms with Gasteiger partial charge in [0.1, 0.15) is 0 Å². The lowest BCUT2D eigenvalue weighted by Crippen LogP contribution is -1.95. The molecule has 0 radical (unpaired) electrons. The molecule has 0 aliphatic rings. The van der Waals surface area contributed by atoms with Gasteiger partial charge in [-0.3, -0.25) is 0 Å². The van der Waals surface area contributed by atoms with Gasteiger partial charge in [0.15, 0.2) is 0 Å². The highest BCUT2D eigenvalue weighted by Crippen LogP contribution is 2.50. The molecule has 0 fully saturated rings. The van der Waals surface area contributed by atoms with Crippen molar-refractivity contribution in [2.24, 2.45) is 0 Å². The summed E-state index contributed by atoms with van der Waals surface area (Å²) < 4.78 is 0. The molecule has 0 saturated carbocycles. The predicted octanol–water partition coefficient (Wildman–Crippen LogP) is 15.1. The van der Waals surface area contributed by atoms with Gasteiger partial charge >= 0.3 is 0 Å². The number of hydrogen-bond donors (Lipinski definition) is 0. The molecule has 0 bridgehead atoms. The van der Waals surface area contributed by atoms with E-state index in [1.165, 1.54) is 99.1 Å². The normalized spacial score (nSPS) is 11.3. The molecule has 10 aromatic rings. The highest BCUT2D eigenvalue weighted by Gasteiger charge is 2.23. The second-order valence-electron chi connectivity index (χ2n) is 14.0. The summed E-state index contributed by atoms with van der Waals surface area (Å²) in [5.74, 6) is 0. The second kappa shape index (κ2) is 13.5. The first-order chi connectivity index (χ1) is 26.8. The largest absolute Gasteiger partial charge is 0.0622 e. The molecule has 10 rings (SSSR count). The molecule has 0 heteroatoms. The van der Waals surface area contributed by atoms with Gasteiger partial charge in [-0.25, -0.2) is 0 Å². The molecule has 0 nitrogen and oxygen atoms in total. The Labute approximate surface area is 316 Å². The summed E-state index contributed by atoms with van der Waals surface area (Å²) in [5.41, 5.74) is 14.7. The summed E-state index contributed by atoms with van der Waals surface area (Å²) in [6.07, 6.45) is 0. The van der Waals surface area contributed by atoms with Crippen molar-refractivity contribution in [2.45, 2.75) is 0 Å². The van der Waals surface area contributed by atoms with E-state index in [2.05, 4.69) is 218 Å². The molecule has 0 heterocycles. The summed E-state index contributed by atoms with van der Waals surface area (Å²) in [4.78, 5) is 0. The van der Waals surface area contributed by atoms with Crippen molar-refractivity contribution in [3.05, 3.63) is 218 Å². The Morgan fingerprint density at radius 1 is 0.185 bits per heavy atom. The van der Waals surface area contributed by atoms with E-state index >= 15 is 0 Å². The molecule has 0 unspecified atom stereocenters. The van der Waals surface area contributed by atoms with E-state index in [0.717, 1.165) is 0 Å². The fourth-order valence-electron chi connectivity index (χ4n) is 8.39. The van der Waals surface area contributed by atoms with Crippen LogP contribution in [0.4, 0.5) is 0 Å². The minimum atomic E-state index is 1.20. The molecule has 0 atom stereocenters. The van der Waals surface area contributed by atoms with Crippen molar-refractivity contribution in [1.29, 1.82) is 0 Å². The maximum atomic E-state index is 2.48. The van der Waals surface area contributed by atoms with Gasteiger partial charge in [0, 0.05) is 0 Å². The molecule has 0 aromatic heterocycles. The first-order valence-corrected chi connectivity index (χ1v) is 18.7. The van der Waals surface area contributed by atoms with Crippen LogP contribution in [0.5, 0.6) is 0 Å². The number of hydrogen-bond acceptors (Lipinski definition) is 0. The van der Waals surface area contributed by atoms with E-state index in [1.54, 1.807) is 0 Å². The zero-order valence-electron chi connectivity index (χ0n) is 29.8. The molecule has 0 aliphatic heterocycles. The fraction of sp³-hybridized carbons (Fsp3) is 0. The van der Waals surface area contributed by atoms with Crippen LogP contribution in [0.25, 0.3) is 99.1 Å². The van der Waals surface area contributed by atoms with Crippen molar-refractivity contribution < 1.29 is 0 Å². The summed E-state index contributed by atoms with van der Waals surface area (Å²) in [7, 11) is 0. The van der Waals surface area contributed by atoms with Crippen LogP contribution < -0.4 is 0 Å². The Bertz CT molecular complexity index is 2910. The lowest BCUT2D eigenvalue weighted by atomic mass is 9.80. The van der Waals surface area contributed by atoms with E-state index in [1.807, 2.05) is 0 Å². The molecule has 54 heavy (non-hydrogen) atoms. The number of fused-ring (bicyclic) bond motifs is 3. The molecule has 0 aliphatic carbocycles. The summed E-state index contributed by atoms with van der Waals surface area (Å²) in [6.45, 7) is 0. The Balaban J connectivity index is 1.35. The van der Waals surface area contributed by atoms with Crippen LogP contribution in [-0.2, 0) is 0 Å². The van der Waals surface area contributed by atoms with Gasteiger partial charge in [-0.2, -0.15) is 0 Å². The van der Waals surface area contributed by atoms with E-state index in [-0.39, 0.29) is 0 Å². The molecular formula is C54H36. The molecular weight excluding hydrogens is 649 g/mol. The molecule has 0 spiro atoms.